The Labute approximate surface area is 158 Å². The van der Waals surface area contributed by atoms with Crippen molar-refractivity contribution in [1.29, 1.82) is 0 Å². The maximum absolute atomic E-state index is 12.1. The predicted molar refractivity (Wildman–Crippen MR) is 107 cm³/mol. The van der Waals surface area contributed by atoms with E-state index in [2.05, 4.69) is 45.4 Å². The van der Waals surface area contributed by atoms with Crippen LogP contribution in [0.4, 0.5) is 0 Å². The molecule has 1 heterocycles. The van der Waals surface area contributed by atoms with Gasteiger partial charge < -0.3 is 20.7 Å². The smallest absolute Gasteiger partial charge is 0.251 e. The normalized spacial score (nSPS) is 12.3. The van der Waals surface area contributed by atoms with Gasteiger partial charge in [-0.05, 0) is 35.7 Å². The minimum atomic E-state index is -0.108. The molecule has 140 valence electrons. The predicted octanol–water partition coefficient (Wildman–Crippen LogP) is 2.46. The number of nitrogens with one attached hydrogen (secondary N) is 3. The second-order valence-corrected chi connectivity index (χ2v) is 6.76. The lowest BCUT2D eigenvalue weighted by Gasteiger charge is -2.15. The van der Waals surface area contributed by atoms with Gasteiger partial charge in [-0.15, -0.1) is 11.3 Å². The summed E-state index contributed by atoms with van der Waals surface area (Å²) in [6, 6.07) is 11.2. The second-order valence-electron chi connectivity index (χ2n) is 5.78. The fourth-order valence-corrected chi connectivity index (χ4v) is 3.13. The van der Waals surface area contributed by atoms with Gasteiger partial charge in [0.05, 0.1) is 7.11 Å². The molecule has 2 rings (SSSR count). The van der Waals surface area contributed by atoms with Crippen LogP contribution in [0.2, 0.25) is 0 Å². The van der Waals surface area contributed by atoms with Crippen LogP contribution in [0.3, 0.4) is 0 Å². The maximum Gasteiger partial charge on any atom is 0.251 e. The highest BCUT2D eigenvalue weighted by atomic mass is 32.1. The first-order valence-electron chi connectivity index (χ1n) is 8.54. The number of carbonyl (C=O) groups excluding carboxylic acids is 1. The number of amides is 1. The summed E-state index contributed by atoms with van der Waals surface area (Å²) in [5, 5.41) is 11.5. The molecule has 1 amide bonds. The number of thiophene rings is 1. The van der Waals surface area contributed by atoms with Gasteiger partial charge >= 0.3 is 0 Å². The number of rotatable bonds is 8. The Hall–Kier alpha value is -2.54. The number of hydrogen-bond acceptors (Lipinski definition) is 4. The van der Waals surface area contributed by atoms with E-state index in [1.54, 1.807) is 49.8 Å². The minimum Gasteiger partial charge on any atom is -0.497 e. The van der Waals surface area contributed by atoms with Crippen LogP contribution in [0.25, 0.3) is 0 Å². The number of carbonyl (C=O) groups is 1. The van der Waals surface area contributed by atoms with Crippen molar-refractivity contribution in [3.8, 4) is 5.75 Å². The Kier molecular flexibility index (Phi) is 7.95. The molecule has 1 aromatic carbocycles. The molecule has 0 radical (unpaired) electrons. The van der Waals surface area contributed by atoms with Crippen LogP contribution >= 0.6 is 11.3 Å². The van der Waals surface area contributed by atoms with Gasteiger partial charge in [-0.3, -0.25) is 9.79 Å². The Morgan fingerprint density at radius 3 is 2.50 bits per heavy atom. The molecule has 3 N–H and O–H groups in total. The van der Waals surface area contributed by atoms with Crippen LogP contribution in [0.15, 0.2) is 46.8 Å². The molecule has 0 saturated heterocycles. The van der Waals surface area contributed by atoms with Gasteiger partial charge in [0.25, 0.3) is 5.91 Å². The third kappa shape index (κ3) is 6.07. The van der Waals surface area contributed by atoms with Crippen molar-refractivity contribution in [2.24, 2.45) is 4.99 Å². The molecule has 1 aromatic heterocycles. The number of aliphatic imine (C=N–C) groups is 1. The highest BCUT2D eigenvalue weighted by molar-refractivity contribution is 7.10. The molecule has 0 saturated carbocycles. The van der Waals surface area contributed by atoms with E-state index in [-0.39, 0.29) is 5.91 Å². The molecule has 1 unspecified atom stereocenters. The zero-order chi connectivity index (χ0) is 18.8. The largest absolute Gasteiger partial charge is 0.497 e. The van der Waals surface area contributed by atoms with Gasteiger partial charge in [-0.2, -0.15) is 0 Å². The summed E-state index contributed by atoms with van der Waals surface area (Å²) >= 11 is 1.76. The van der Waals surface area contributed by atoms with Crippen LogP contribution in [0.1, 0.15) is 28.1 Å². The van der Waals surface area contributed by atoms with Crippen molar-refractivity contribution < 1.29 is 9.53 Å². The lowest BCUT2D eigenvalue weighted by molar-refractivity contribution is 0.0954. The first-order valence-corrected chi connectivity index (χ1v) is 9.42. The maximum atomic E-state index is 12.1. The lowest BCUT2D eigenvalue weighted by Crippen LogP contribution is -2.42. The number of ether oxygens (including phenoxy) is 1. The first kappa shape index (κ1) is 19.8. The molecule has 0 aliphatic carbocycles. The van der Waals surface area contributed by atoms with Gasteiger partial charge in [0.2, 0.25) is 0 Å². The van der Waals surface area contributed by atoms with E-state index >= 15 is 0 Å². The number of methoxy groups -OCH3 is 1. The number of guanidine groups is 1. The van der Waals surface area contributed by atoms with Crippen LogP contribution in [-0.4, -0.2) is 45.7 Å². The fraction of sp³-hybridized carbons (Fsp3) is 0.368. The van der Waals surface area contributed by atoms with E-state index in [4.69, 9.17) is 4.74 Å². The van der Waals surface area contributed by atoms with Crippen LogP contribution in [-0.2, 0) is 0 Å². The van der Waals surface area contributed by atoms with Gasteiger partial charge in [0, 0.05) is 43.0 Å². The van der Waals surface area contributed by atoms with Gasteiger partial charge in [-0.25, -0.2) is 0 Å². The van der Waals surface area contributed by atoms with Crippen molar-refractivity contribution in [1.82, 2.24) is 16.0 Å². The summed E-state index contributed by atoms with van der Waals surface area (Å²) in [7, 11) is 3.34. The van der Waals surface area contributed by atoms with Crippen LogP contribution < -0.4 is 20.7 Å². The third-order valence-electron chi connectivity index (χ3n) is 3.88. The monoisotopic (exact) mass is 374 g/mol. The molecule has 1 atom stereocenters. The summed E-state index contributed by atoms with van der Waals surface area (Å²) in [6.45, 7) is 4.08. The van der Waals surface area contributed by atoms with E-state index in [1.165, 1.54) is 4.88 Å². The molecule has 26 heavy (non-hydrogen) atoms. The molecule has 0 spiro atoms. The average Bonchev–Trinajstić information content (AvgIpc) is 3.22. The van der Waals surface area contributed by atoms with E-state index < -0.39 is 0 Å². The Morgan fingerprint density at radius 1 is 1.15 bits per heavy atom. The summed E-state index contributed by atoms with van der Waals surface area (Å²) < 4.78 is 5.09. The lowest BCUT2D eigenvalue weighted by atomic mass is 10.1. The standard InChI is InChI=1S/C19H26N4O2S/c1-14(17-5-4-12-26-17)13-23-19(20-2)22-11-10-21-18(24)15-6-8-16(25-3)9-7-15/h4-9,12,14H,10-11,13H2,1-3H3,(H,21,24)(H2,20,22,23). The third-order valence-corrected chi connectivity index (χ3v) is 4.99. The van der Waals surface area contributed by atoms with Crippen molar-refractivity contribution in [3.05, 3.63) is 52.2 Å². The average molecular weight is 375 g/mol. The van der Waals surface area contributed by atoms with Crippen molar-refractivity contribution in [2.45, 2.75) is 12.8 Å². The van der Waals surface area contributed by atoms with E-state index in [0.29, 0.717) is 24.6 Å². The topological polar surface area (TPSA) is 74.8 Å². The summed E-state index contributed by atoms with van der Waals surface area (Å²) in [6.07, 6.45) is 0. The Balaban J connectivity index is 1.67. The summed E-state index contributed by atoms with van der Waals surface area (Å²) in [5.74, 6) is 1.77. The van der Waals surface area contributed by atoms with Gasteiger partial charge in [0.15, 0.2) is 5.96 Å². The van der Waals surface area contributed by atoms with Crippen molar-refractivity contribution in [3.63, 3.8) is 0 Å². The van der Waals surface area contributed by atoms with Gasteiger partial charge in [0.1, 0.15) is 5.75 Å². The van der Waals surface area contributed by atoms with Crippen LogP contribution in [0, 0.1) is 0 Å². The Morgan fingerprint density at radius 2 is 1.88 bits per heavy atom. The molecular formula is C19H26N4O2S. The molecule has 7 heteroatoms. The number of benzene rings is 1. The quantitative estimate of drug-likeness (QED) is 0.377. The fourth-order valence-electron chi connectivity index (χ4n) is 2.34. The molecule has 0 fully saturated rings. The van der Waals surface area contributed by atoms with E-state index in [0.717, 1.165) is 18.3 Å². The zero-order valence-corrected chi connectivity index (χ0v) is 16.2. The number of hydrogen-bond donors (Lipinski definition) is 3. The first-order chi connectivity index (χ1) is 12.6. The highest BCUT2D eigenvalue weighted by Gasteiger charge is 2.08. The molecular weight excluding hydrogens is 348 g/mol. The molecule has 6 nitrogen and oxygen atoms in total. The summed E-state index contributed by atoms with van der Waals surface area (Å²) in [4.78, 5) is 17.6. The van der Waals surface area contributed by atoms with Crippen molar-refractivity contribution in [2.75, 3.05) is 33.8 Å². The van der Waals surface area contributed by atoms with E-state index in [9.17, 15) is 4.79 Å². The van der Waals surface area contributed by atoms with Gasteiger partial charge in [-0.1, -0.05) is 13.0 Å². The number of nitrogens with zero attached hydrogens (tertiary/aromatic N) is 1. The zero-order valence-electron chi connectivity index (χ0n) is 15.4. The molecule has 2 aromatic rings. The van der Waals surface area contributed by atoms with Crippen molar-refractivity contribution >= 4 is 23.2 Å². The molecule has 0 aliphatic rings. The Bertz CT molecular complexity index is 699. The highest BCUT2D eigenvalue weighted by Crippen LogP contribution is 2.19. The van der Waals surface area contributed by atoms with Crippen LogP contribution in [0.5, 0.6) is 5.75 Å². The second kappa shape index (κ2) is 10.5. The SMILES string of the molecule is CN=C(NCCNC(=O)c1ccc(OC)cc1)NCC(C)c1cccs1. The minimum absolute atomic E-state index is 0.108. The molecule has 0 aliphatic heterocycles. The molecule has 0 bridgehead atoms. The van der Waals surface area contributed by atoms with E-state index in [1.807, 2.05) is 0 Å². The summed E-state index contributed by atoms with van der Waals surface area (Å²) in [5.41, 5.74) is 0.609.